The van der Waals surface area contributed by atoms with Crippen LogP contribution < -0.4 is 14.8 Å². The second-order valence-electron chi connectivity index (χ2n) is 7.78. The lowest BCUT2D eigenvalue weighted by atomic mass is 10.1. The van der Waals surface area contributed by atoms with E-state index in [4.69, 9.17) is 21.1 Å². The molecule has 0 aliphatic heterocycles. The molecule has 0 saturated heterocycles. The van der Waals surface area contributed by atoms with E-state index in [1.54, 1.807) is 48.1 Å². The summed E-state index contributed by atoms with van der Waals surface area (Å²) >= 11 is 5.99. The molecule has 1 aromatic heterocycles. The van der Waals surface area contributed by atoms with Crippen LogP contribution in [-0.2, 0) is 11.2 Å². The molecule has 0 aliphatic carbocycles. The SMILES string of the molecule is CCOc1cccc(NC(=O)Cc2c(C)n(C(=O)c3ccc(Cl)cc3)c3ccc(OC)cc23)c1. The Bertz CT molecular complexity index is 1360. The van der Waals surface area contributed by atoms with Crippen LogP contribution in [0.5, 0.6) is 11.5 Å². The monoisotopic (exact) mass is 476 g/mol. The Hall–Kier alpha value is -3.77. The maximum absolute atomic E-state index is 13.4. The van der Waals surface area contributed by atoms with E-state index in [9.17, 15) is 9.59 Å². The van der Waals surface area contributed by atoms with Crippen LogP contribution in [0.2, 0.25) is 5.02 Å². The van der Waals surface area contributed by atoms with Gasteiger partial charge in [-0.2, -0.15) is 0 Å². The zero-order valence-electron chi connectivity index (χ0n) is 19.2. The second-order valence-corrected chi connectivity index (χ2v) is 8.22. The van der Waals surface area contributed by atoms with Crippen LogP contribution in [0.15, 0.2) is 66.7 Å². The summed E-state index contributed by atoms with van der Waals surface area (Å²) in [6, 6.07) is 19.5. The lowest BCUT2D eigenvalue weighted by Gasteiger charge is -2.09. The van der Waals surface area contributed by atoms with E-state index in [2.05, 4.69) is 5.32 Å². The Labute approximate surface area is 203 Å². The standard InChI is InChI=1S/C27H25ClN2O4/c1-4-34-22-7-5-6-20(14-22)29-26(31)16-23-17(2)30(25-13-12-21(33-3)15-24(23)25)27(32)18-8-10-19(28)11-9-18/h5-15H,4,16H2,1-3H3,(H,29,31). The Morgan fingerprint density at radius 2 is 1.76 bits per heavy atom. The number of ether oxygens (including phenoxy) is 2. The number of methoxy groups -OCH3 is 1. The van der Waals surface area contributed by atoms with E-state index in [0.717, 1.165) is 10.9 Å². The van der Waals surface area contributed by atoms with Crippen LogP contribution in [0.1, 0.15) is 28.5 Å². The molecule has 3 aromatic carbocycles. The molecule has 34 heavy (non-hydrogen) atoms. The van der Waals surface area contributed by atoms with Gasteiger partial charge in [0.2, 0.25) is 5.91 Å². The van der Waals surface area contributed by atoms with Crippen LogP contribution in [-0.4, -0.2) is 30.1 Å². The van der Waals surface area contributed by atoms with Crippen molar-refractivity contribution in [3.05, 3.63) is 88.6 Å². The van der Waals surface area contributed by atoms with Crippen LogP contribution in [0, 0.1) is 6.92 Å². The van der Waals surface area contributed by atoms with Gasteiger partial charge in [0.15, 0.2) is 0 Å². The number of hydrogen-bond acceptors (Lipinski definition) is 4. The van der Waals surface area contributed by atoms with Gasteiger partial charge in [-0.3, -0.25) is 14.2 Å². The molecule has 4 aromatic rings. The normalized spacial score (nSPS) is 10.8. The summed E-state index contributed by atoms with van der Waals surface area (Å²) in [5.74, 6) is 0.944. The molecule has 7 heteroatoms. The lowest BCUT2D eigenvalue weighted by molar-refractivity contribution is -0.115. The Morgan fingerprint density at radius 1 is 1.00 bits per heavy atom. The zero-order chi connectivity index (χ0) is 24.2. The van der Waals surface area contributed by atoms with Gasteiger partial charge in [-0.05, 0) is 74.0 Å². The molecule has 0 fully saturated rings. The van der Waals surface area contributed by atoms with Gasteiger partial charge in [-0.1, -0.05) is 17.7 Å². The van der Waals surface area contributed by atoms with Gasteiger partial charge in [0.1, 0.15) is 11.5 Å². The highest BCUT2D eigenvalue weighted by atomic mass is 35.5. The van der Waals surface area contributed by atoms with Gasteiger partial charge >= 0.3 is 0 Å². The number of benzene rings is 3. The number of aromatic nitrogens is 1. The molecule has 174 valence electrons. The Morgan fingerprint density at radius 3 is 2.47 bits per heavy atom. The summed E-state index contributed by atoms with van der Waals surface area (Å²) < 4.78 is 12.5. The molecule has 1 amide bonds. The number of carbonyl (C=O) groups is 2. The van der Waals surface area contributed by atoms with Gasteiger partial charge in [-0.25, -0.2) is 0 Å². The largest absolute Gasteiger partial charge is 0.497 e. The van der Waals surface area contributed by atoms with Gasteiger partial charge in [0.25, 0.3) is 5.91 Å². The molecule has 0 aliphatic rings. The third kappa shape index (κ3) is 4.77. The number of fused-ring (bicyclic) bond motifs is 1. The molecular formula is C27H25ClN2O4. The minimum atomic E-state index is -0.197. The highest BCUT2D eigenvalue weighted by Crippen LogP contribution is 2.31. The van der Waals surface area contributed by atoms with Gasteiger partial charge in [0, 0.05) is 33.4 Å². The molecule has 0 saturated carbocycles. The molecule has 4 rings (SSSR count). The van der Waals surface area contributed by atoms with E-state index in [-0.39, 0.29) is 18.2 Å². The molecule has 1 N–H and O–H groups in total. The molecule has 0 radical (unpaired) electrons. The summed E-state index contributed by atoms with van der Waals surface area (Å²) in [4.78, 5) is 26.4. The number of rotatable bonds is 7. The maximum atomic E-state index is 13.4. The molecule has 1 heterocycles. The quantitative estimate of drug-likeness (QED) is 0.361. The minimum absolute atomic E-state index is 0.0925. The fourth-order valence-electron chi connectivity index (χ4n) is 3.99. The Kier molecular flexibility index (Phi) is 6.89. The predicted molar refractivity (Wildman–Crippen MR) is 134 cm³/mol. The maximum Gasteiger partial charge on any atom is 0.262 e. The van der Waals surface area contributed by atoms with Crippen LogP contribution in [0.4, 0.5) is 5.69 Å². The summed E-state index contributed by atoms with van der Waals surface area (Å²) in [7, 11) is 1.58. The number of halogens is 1. The highest BCUT2D eigenvalue weighted by Gasteiger charge is 2.22. The zero-order valence-corrected chi connectivity index (χ0v) is 20.0. The van der Waals surface area contributed by atoms with Crippen molar-refractivity contribution in [2.24, 2.45) is 0 Å². The number of anilines is 1. The fraction of sp³-hybridized carbons (Fsp3) is 0.185. The van der Waals surface area contributed by atoms with Crippen molar-refractivity contribution in [2.75, 3.05) is 19.0 Å². The van der Waals surface area contributed by atoms with Crippen molar-refractivity contribution in [3.63, 3.8) is 0 Å². The fourth-order valence-corrected chi connectivity index (χ4v) is 4.12. The van der Waals surface area contributed by atoms with Crippen molar-refractivity contribution in [1.29, 1.82) is 0 Å². The number of amides is 1. The molecule has 0 atom stereocenters. The van der Waals surface area contributed by atoms with Crippen LogP contribution in [0.25, 0.3) is 10.9 Å². The number of hydrogen-bond donors (Lipinski definition) is 1. The first-order valence-electron chi connectivity index (χ1n) is 10.9. The molecule has 0 spiro atoms. The average molecular weight is 477 g/mol. The summed E-state index contributed by atoms with van der Waals surface area (Å²) in [6.45, 7) is 4.29. The average Bonchev–Trinajstić information content (AvgIpc) is 3.10. The van der Waals surface area contributed by atoms with Crippen molar-refractivity contribution in [1.82, 2.24) is 4.57 Å². The number of carbonyl (C=O) groups excluding carboxylic acids is 2. The third-order valence-corrected chi connectivity index (χ3v) is 5.85. The smallest absolute Gasteiger partial charge is 0.262 e. The first kappa shape index (κ1) is 23.4. The molecule has 0 unspecified atom stereocenters. The first-order chi connectivity index (χ1) is 16.4. The van der Waals surface area contributed by atoms with Crippen molar-refractivity contribution in [2.45, 2.75) is 20.3 Å². The van der Waals surface area contributed by atoms with Crippen molar-refractivity contribution in [3.8, 4) is 11.5 Å². The van der Waals surface area contributed by atoms with Crippen LogP contribution in [0.3, 0.4) is 0 Å². The van der Waals surface area contributed by atoms with E-state index < -0.39 is 0 Å². The van der Waals surface area contributed by atoms with Gasteiger partial charge in [0.05, 0.1) is 25.7 Å². The summed E-state index contributed by atoms with van der Waals surface area (Å²) in [5.41, 5.74) is 3.31. The minimum Gasteiger partial charge on any atom is -0.497 e. The van der Waals surface area contributed by atoms with Crippen LogP contribution >= 0.6 is 11.6 Å². The van der Waals surface area contributed by atoms with E-state index in [1.807, 2.05) is 44.2 Å². The Balaban J connectivity index is 1.71. The molecular weight excluding hydrogens is 452 g/mol. The number of nitrogens with one attached hydrogen (secondary N) is 1. The highest BCUT2D eigenvalue weighted by molar-refractivity contribution is 6.30. The van der Waals surface area contributed by atoms with E-state index >= 15 is 0 Å². The van der Waals surface area contributed by atoms with Crippen molar-refractivity contribution < 1.29 is 19.1 Å². The number of nitrogens with zero attached hydrogens (tertiary/aromatic N) is 1. The first-order valence-corrected chi connectivity index (χ1v) is 11.3. The van der Waals surface area contributed by atoms with E-state index in [0.29, 0.717) is 45.6 Å². The van der Waals surface area contributed by atoms with E-state index in [1.165, 1.54) is 0 Å². The second kappa shape index (κ2) is 10.0. The lowest BCUT2D eigenvalue weighted by Crippen LogP contribution is -2.16. The van der Waals surface area contributed by atoms with Crippen molar-refractivity contribution >= 4 is 40.0 Å². The topological polar surface area (TPSA) is 69.6 Å². The molecule has 0 bridgehead atoms. The third-order valence-electron chi connectivity index (χ3n) is 5.60. The molecule has 6 nitrogen and oxygen atoms in total. The van der Waals surface area contributed by atoms with Gasteiger partial charge in [-0.15, -0.1) is 0 Å². The van der Waals surface area contributed by atoms with Gasteiger partial charge < -0.3 is 14.8 Å². The summed E-state index contributed by atoms with van der Waals surface area (Å²) in [6.07, 6.45) is 0.0925. The predicted octanol–water partition coefficient (Wildman–Crippen LogP) is 5.88. The summed E-state index contributed by atoms with van der Waals surface area (Å²) in [5, 5.41) is 4.27.